The molecule has 0 saturated carbocycles. The zero-order valence-corrected chi connectivity index (χ0v) is 16.9. The standard InChI is InChI=1S/C26H25N2/c1-18-11-10-14-22(21-12-6-5-7-13-21)26(18)23-17-19(2)25(20(3)27-23)24-15-8-9-16-28(24)4/h5-17H,1-4H3/q+1. The van der Waals surface area contributed by atoms with Gasteiger partial charge in [-0.25, -0.2) is 4.57 Å². The van der Waals surface area contributed by atoms with Crippen LogP contribution in [0.5, 0.6) is 0 Å². The number of rotatable bonds is 3. The fraction of sp³-hybridized carbons (Fsp3) is 0.154. The van der Waals surface area contributed by atoms with Crippen molar-refractivity contribution in [3.05, 3.63) is 95.8 Å². The van der Waals surface area contributed by atoms with Crippen molar-refractivity contribution in [1.82, 2.24) is 4.98 Å². The molecule has 0 radical (unpaired) electrons. The number of aryl methyl sites for hydroxylation is 4. The lowest BCUT2D eigenvalue weighted by molar-refractivity contribution is -0.660. The molecule has 2 heterocycles. The molecule has 0 N–H and O–H groups in total. The molecule has 0 spiro atoms. The lowest BCUT2D eigenvalue weighted by atomic mass is 9.92. The third kappa shape index (κ3) is 3.22. The van der Waals surface area contributed by atoms with Gasteiger partial charge < -0.3 is 0 Å². The van der Waals surface area contributed by atoms with E-state index in [0.717, 1.165) is 11.4 Å². The molecule has 0 bridgehead atoms. The summed E-state index contributed by atoms with van der Waals surface area (Å²) in [5, 5.41) is 0. The summed E-state index contributed by atoms with van der Waals surface area (Å²) < 4.78 is 2.15. The lowest BCUT2D eigenvalue weighted by Gasteiger charge is -2.16. The van der Waals surface area contributed by atoms with Crippen LogP contribution in [-0.4, -0.2) is 4.98 Å². The SMILES string of the molecule is Cc1cccc(-c2ccccc2)c1-c1cc(C)c(-c2cccc[n+]2C)c(C)n1. The molecule has 0 saturated heterocycles. The molecular formula is C26H25N2+. The van der Waals surface area contributed by atoms with Crippen molar-refractivity contribution in [3.8, 4) is 33.6 Å². The molecule has 2 nitrogen and oxygen atoms in total. The van der Waals surface area contributed by atoms with Gasteiger partial charge in [-0.15, -0.1) is 0 Å². The first kappa shape index (κ1) is 18.1. The quantitative estimate of drug-likeness (QED) is 0.417. The minimum absolute atomic E-state index is 1.04. The van der Waals surface area contributed by atoms with Gasteiger partial charge in [0.05, 0.1) is 17.0 Å². The van der Waals surface area contributed by atoms with Gasteiger partial charge in [-0.05, 0) is 55.2 Å². The molecule has 28 heavy (non-hydrogen) atoms. The minimum Gasteiger partial charge on any atom is -0.252 e. The van der Waals surface area contributed by atoms with Crippen LogP contribution >= 0.6 is 0 Å². The number of aromatic nitrogens is 2. The van der Waals surface area contributed by atoms with Crippen LogP contribution in [0.25, 0.3) is 33.6 Å². The van der Waals surface area contributed by atoms with Crippen LogP contribution in [0.1, 0.15) is 16.8 Å². The van der Waals surface area contributed by atoms with Gasteiger partial charge in [-0.1, -0.05) is 48.5 Å². The van der Waals surface area contributed by atoms with Crippen LogP contribution in [0.15, 0.2) is 79.0 Å². The van der Waals surface area contributed by atoms with Crippen molar-refractivity contribution in [2.45, 2.75) is 20.8 Å². The Balaban J connectivity index is 1.92. The Bertz CT molecular complexity index is 1120. The zero-order chi connectivity index (χ0) is 19.7. The van der Waals surface area contributed by atoms with Crippen molar-refractivity contribution in [1.29, 1.82) is 0 Å². The van der Waals surface area contributed by atoms with E-state index in [0.29, 0.717) is 0 Å². The first-order valence-corrected chi connectivity index (χ1v) is 9.65. The summed E-state index contributed by atoms with van der Waals surface area (Å²) in [6.07, 6.45) is 2.08. The molecule has 0 atom stereocenters. The van der Waals surface area contributed by atoms with E-state index in [1.54, 1.807) is 0 Å². The normalized spacial score (nSPS) is 10.9. The topological polar surface area (TPSA) is 16.8 Å². The minimum atomic E-state index is 1.04. The molecule has 0 fully saturated rings. The fourth-order valence-electron chi connectivity index (χ4n) is 4.00. The Morgan fingerprint density at radius 3 is 2.18 bits per heavy atom. The van der Waals surface area contributed by atoms with E-state index in [2.05, 4.69) is 111 Å². The average Bonchev–Trinajstić information content (AvgIpc) is 2.69. The molecule has 0 unspecified atom stereocenters. The van der Waals surface area contributed by atoms with Crippen LogP contribution in [0, 0.1) is 20.8 Å². The highest BCUT2D eigenvalue weighted by Crippen LogP contribution is 2.36. The summed E-state index contributed by atoms with van der Waals surface area (Å²) in [6.45, 7) is 6.46. The number of benzene rings is 2. The second-order valence-corrected chi connectivity index (χ2v) is 7.35. The van der Waals surface area contributed by atoms with Gasteiger partial charge in [0.1, 0.15) is 7.05 Å². The Morgan fingerprint density at radius 1 is 0.714 bits per heavy atom. The maximum absolute atomic E-state index is 5.06. The van der Waals surface area contributed by atoms with Crippen molar-refractivity contribution in [2.24, 2.45) is 7.05 Å². The molecule has 0 aliphatic heterocycles. The Labute approximate surface area is 167 Å². The monoisotopic (exact) mass is 365 g/mol. The highest BCUT2D eigenvalue weighted by atomic mass is 14.9. The van der Waals surface area contributed by atoms with Crippen LogP contribution in [-0.2, 0) is 7.05 Å². The van der Waals surface area contributed by atoms with Crippen LogP contribution < -0.4 is 4.57 Å². The summed E-state index contributed by atoms with van der Waals surface area (Å²) in [7, 11) is 2.08. The Morgan fingerprint density at radius 2 is 1.46 bits per heavy atom. The average molecular weight is 366 g/mol. The highest BCUT2D eigenvalue weighted by molar-refractivity contribution is 5.85. The fourth-order valence-corrected chi connectivity index (χ4v) is 4.00. The van der Waals surface area contributed by atoms with Crippen LogP contribution in [0.4, 0.5) is 0 Å². The van der Waals surface area contributed by atoms with Crippen molar-refractivity contribution in [2.75, 3.05) is 0 Å². The van der Waals surface area contributed by atoms with E-state index in [4.69, 9.17) is 4.98 Å². The van der Waals surface area contributed by atoms with E-state index in [1.807, 2.05) is 0 Å². The van der Waals surface area contributed by atoms with Gasteiger partial charge in [0.25, 0.3) is 0 Å². The van der Waals surface area contributed by atoms with Crippen molar-refractivity contribution in [3.63, 3.8) is 0 Å². The van der Waals surface area contributed by atoms with Gasteiger partial charge in [0.15, 0.2) is 6.20 Å². The lowest BCUT2D eigenvalue weighted by Crippen LogP contribution is -2.30. The predicted molar refractivity (Wildman–Crippen MR) is 116 cm³/mol. The predicted octanol–water partition coefficient (Wildman–Crippen LogP) is 5.83. The molecule has 4 rings (SSSR count). The van der Waals surface area contributed by atoms with Crippen LogP contribution in [0.2, 0.25) is 0 Å². The van der Waals surface area contributed by atoms with Gasteiger partial charge in [-0.2, -0.15) is 0 Å². The van der Waals surface area contributed by atoms with E-state index in [1.165, 1.54) is 39.1 Å². The van der Waals surface area contributed by atoms with Crippen molar-refractivity contribution >= 4 is 0 Å². The molecule has 2 heteroatoms. The molecule has 2 aromatic carbocycles. The second kappa shape index (κ2) is 7.40. The molecule has 2 aromatic heterocycles. The largest absolute Gasteiger partial charge is 0.252 e. The summed E-state index contributed by atoms with van der Waals surface area (Å²) in [6, 6.07) is 25.5. The smallest absolute Gasteiger partial charge is 0.214 e. The van der Waals surface area contributed by atoms with Gasteiger partial charge in [0, 0.05) is 17.7 Å². The first-order chi connectivity index (χ1) is 13.6. The highest BCUT2D eigenvalue weighted by Gasteiger charge is 2.19. The van der Waals surface area contributed by atoms with E-state index in [9.17, 15) is 0 Å². The molecule has 0 aliphatic rings. The number of pyridine rings is 2. The molecular weight excluding hydrogens is 340 g/mol. The second-order valence-electron chi connectivity index (χ2n) is 7.35. The number of nitrogens with zero attached hydrogens (tertiary/aromatic N) is 2. The maximum Gasteiger partial charge on any atom is 0.214 e. The van der Waals surface area contributed by atoms with Gasteiger partial charge in [-0.3, -0.25) is 4.98 Å². The Kier molecular flexibility index (Phi) is 4.79. The zero-order valence-electron chi connectivity index (χ0n) is 16.9. The first-order valence-electron chi connectivity index (χ1n) is 9.65. The number of hydrogen-bond donors (Lipinski definition) is 0. The van der Waals surface area contributed by atoms with E-state index < -0.39 is 0 Å². The molecule has 4 aromatic rings. The third-order valence-corrected chi connectivity index (χ3v) is 5.32. The summed E-state index contributed by atoms with van der Waals surface area (Å²) in [5.41, 5.74) is 10.6. The summed E-state index contributed by atoms with van der Waals surface area (Å²) in [5.74, 6) is 0. The van der Waals surface area contributed by atoms with E-state index >= 15 is 0 Å². The van der Waals surface area contributed by atoms with Crippen LogP contribution in [0.3, 0.4) is 0 Å². The molecule has 0 amide bonds. The number of hydrogen-bond acceptors (Lipinski definition) is 1. The van der Waals surface area contributed by atoms with E-state index in [-0.39, 0.29) is 0 Å². The summed E-state index contributed by atoms with van der Waals surface area (Å²) >= 11 is 0. The van der Waals surface area contributed by atoms with Crippen molar-refractivity contribution < 1.29 is 4.57 Å². The summed E-state index contributed by atoms with van der Waals surface area (Å²) in [4.78, 5) is 5.06. The maximum atomic E-state index is 5.06. The molecule has 138 valence electrons. The molecule has 0 aliphatic carbocycles. The van der Waals surface area contributed by atoms with Gasteiger partial charge in [0.2, 0.25) is 5.69 Å². The van der Waals surface area contributed by atoms with Gasteiger partial charge >= 0.3 is 0 Å². The Hall–Kier alpha value is -3.26. The third-order valence-electron chi connectivity index (χ3n) is 5.32.